The number of nitrogens with zero attached hydrogens (tertiary/aromatic N) is 1. The molecule has 0 aromatic heterocycles. The van der Waals surface area contributed by atoms with Gasteiger partial charge in [0.2, 0.25) is 5.91 Å². The van der Waals surface area contributed by atoms with Crippen molar-refractivity contribution in [3.8, 4) is 0 Å². The molecule has 0 N–H and O–H groups in total. The molecule has 6 heteroatoms. The van der Waals surface area contributed by atoms with Gasteiger partial charge in [-0.05, 0) is 19.8 Å². The third-order valence-electron chi connectivity index (χ3n) is 2.35. The summed E-state index contributed by atoms with van der Waals surface area (Å²) in [5.41, 5.74) is 0. The molecule has 0 aromatic rings. The second kappa shape index (κ2) is 7.06. The Kier molecular flexibility index (Phi) is 6.05. The molecule has 4 nitrogen and oxygen atoms in total. The van der Waals surface area contributed by atoms with E-state index >= 15 is 0 Å². The Labute approximate surface area is 104 Å². The second-order valence-electron chi connectivity index (χ2n) is 3.46. The molecule has 1 heterocycles. The molecule has 0 bridgehead atoms. The van der Waals surface area contributed by atoms with Gasteiger partial charge in [-0.3, -0.25) is 13.9 Å². The fourth-order valence-corrected chi connectivity index (χ4v) is 3.94. The van der Waals surface area contributed by atoms with Crippen LogP contribution >= 0.6 is 21.8 Å². The normalized spacial score (nSPS) is 17.6. The van der Waals surface area contributed by atoms with Gasteiger partial charge in [0.05, 0.1) is 12.4 Å². The molecule has 16 heavy (non-hydrogen) atoms. The minimum absolute atomic E-state index is 0.150. The van der Waals surface area contributed by atoms with E-state index in [-0.39, 0.29) is 17.9 Å². The molecule has 0 aromatic carbocycles. The fourth-order valence-electron chi connectivity index (χ4n) is 1.51. The van der Waals surface area contributed by atoms with Gasteiger partial charge in [0.25, 0.3) is 0 Å². The van der Waals surface area contributed by atoms with Crippen LogP contribution in [0.5, 0.6) is 0 Å². The number of esters is 1. The SMILES string of the molecule is CCOC(=O)CCC(CC)N1SSCC1=O. The van der Waals surface area contributed by atoms with E-state index in [1.54, 1.807) is 22.0 Å². The summed E-state index contributed by atoms with van der Waals surface area (Å²) in [6.07, 6.45) is 1.95. The van der Waals surface area contributed by atoms with Gasteiger partial charge in [0.1, 0.15) is 0 Å². The summed E-state index contributed by atoms with van der Waals surface area (Å²) in [4.78, 5) is 22.7. The van der Waals surface area contributed by atoms with Gasteiger partial charge in [-0.2, -0.15) is 0 Å². The lowest BCUT2D eigenvalue weighted by atomic mass is 10.1. The lowest BCUT2D eigenvalue weighted by Gasteiger charge is -2.23. The zero-order chi connectivity index (χ0) is 12.0. The molecule has 1 unspecified atom stereocenters. The van der Waals surface area contributed by atoms with Crippen molar-refractivity contribution >= 4 is 33.7 Å². The molecule has 1 aliphatic heterocycles. The molecule has 0 saturated carbocycles. The lowest BCUT2D eigenvalue weighted by molar-refractivity contribution is -0.143. The molecular weight excluding hydrogens is 246 g/mol. The van der Waals surface area contributed by atoms with Gasteiger partial charge in [-0.15, -0.1) is 0 Å². The summed E-state index contributed by atoms with van der Waals surface area (Å²) in [7, 11) is 3.05. The maximum atomic E-state index is 11.5. The van der Waals surface area contributed by atoms with E-state index in [0.717, 1.165) is 6.42 Å². The number of hydrogen-bond acceptors (Lipinski definition) is 5. The molecule has 0 aliphatic carbocycles. The molecule has 0 radical (unpaired) electrons. The van der Waals surface area contributed by atoms with Gasteiger partial charge in [0, 0.05) is 23.4 Å². The second-order valence-corrected chi connectivity index (χ2v) is 5.68. The maximum absolute atomic E-state index is 11.5. The Morgan fingerprint density at radius 1 is 1.56 bits per heavy atom. The van der Waals surface area contributed by atoms with E-state index < -0.39 is 0 Å². The minimum atomic E-state index is -0.176. The fraction of sp³-hybridized carbons (Fsp3) is 0.800. The molecule has 1 rings (SSSR count). The summed E-state index contributed by atoms with van der Waals surface area (Å²) in [5.74, 6) is 0.525. The van der Waals surface area contributed by atoms with Crippen molar-refractivity contribution in [2.75, 3.05) is 12.4 Å². The van der Waals surface area contributed by atoms with E-state index in [1.807, 2.05) is 6.92 Å². The number of rotatable bonds is 6. The van der Waals surface area contributed by atoms with Crippen molar-refractivity contribution in [2.45, 2.75) is 39.2 Å². The van der Waals surface area contributed by atoms with E-state index in [0.29, 0.717) is 25.2 Å². The number of carbonyl (C=O) groups excluding carboxylic acids is 2. The van der Waals surface area contributed by atoms with Crippen LogP contribution in [0, 0.1) is 0 Å². The highest BCUT2D eigenvalue weighted by Gasteiger charge is 2.29. The van der Waals surface area contributed by atoms with Crippen LogP contribution in [0.25, 0.3) is 0 Å². The number of amides is 1. The first kappa shape index (κ1) is 13.7. The highest BCUT2D eigenvalue weighted by molar-refractivity contribution is 8.76. The third kappa shape index (κ3) is 3.90. The summed E-state index contributed by atoms with van der Waals surface area (Å²) >= 11 is 0. The molecule has 1 aliphatic rings. The van der Waals surface area contributed by atoms with Gasteiger partial charge in [0.15, 0.2) is 0 Å². The smallest absolute Gasteiger partial charge is 0.305 e. The predicted molar refractivity (Wildman–Crippen MR) is 66.8 cm³/mol. The number of ether oxygens (including phenoxy) is 1. The van der Waals surface area contributed by atoms with Gasteiger partial charge in [-0.25, -0.2) is 0 Å². The summed E-state index contributed by atoms with van der Waals surface area (Å²) in [5, 5.41) is 0. The zero-order valence-corrected chi connectivity index (χ0v) is 11.2. The topological polar surface area (TPSA) is 46.6 Å². The Hall–Kier alpha value is -0.360. The summed E-state index contributed by atoms with van der Waals surface area (Å²) in [6, 6.07) is 0.150. The monoisotopic (exact) mass is 263 g/mol. The minimum Gasteiger partial charge on any atom is -0.466 e. The molecule has 0 spiro atoms. The van der Waals surface area contributed by atoms with Crippen molar-refractivity contribution in [1.82, 2.24) is 4.31 Å². The first-order chi connectivity index (χ1) is 7.69. The molecule has 1 atom stereocenters. The van der Waals surface area contributed by atoms with Crippen molar-refractivity contribution in [3.63, 3.8) is 0 Å². The molecule has 1 amide bonds. The van der Waals surface area contributed by atoms with Gasteiger partial charge in [-0.1, -0.05) is 17.7 Å². The highest BCUT2D eigenvalue weighted by atomic mass is 33.1. The maximum Gasteiger partial charge on any atom is 0.305 e. The van der Waals surface area contributed by atoms with E-state index in [9.17, 15) is 9.59 Å². The zero-order valence-electron chi connectivity index (χ0n) is 9.60. The average Bonchev–Trinajstić information content (AvgIpc) is 2.66. The Morgan fingerprint density at radius 2 is 2.31 bits per heavy atom. The first-order valence-corrected chi connectivity index (χ1v) is 7.73. The summed E-state index contributed by atoms with van der Waals surface area (Å²) < 4.78 is 6.67. The predicted octanol–water partition coefficient (Wildman–Crippen LogP) is 2.25. The van der Waals surface area contributed by atoms with Gasteiger partial charge >= 0.3 is 5.97 Å². The highest BCUT2D eigenvalue weighted by Crippen LogP contribution is 2.37. The molecule has 92 valence electrons. The van der Waals surface area contributed by atoms with Crippen LogP contribution in [0.3, 0.4) is 0 Å². The first-order valence-electron chi connectivity index (χ1n) is 5.46. The summed E-state index contributed by atoms with van der Waals surface area (Å²) in [6.45, 7) is 4.25. The Bertz CT molecular complexity index is 260. The lowest BCUT2D eigenvalue weighted by Crippen LogP contribution is -2.32. The van der Waals surface area contributed by atoms with Crippen LogP contribution < -0.4 is 0 Å². The largest absolute Gasteiger partial charge is 0.466 e. The van der Waals surface area contributed by atoms with E-state index in [1.165, 1.54) is 11.0 Å². The Morgan fingerprint density at radius 3 is 2.81 bits per heavy atom. The quantitative estimate of drug-likeness (QED) is 0.418. The molecule has 1 fully saturated rings. The van der Waals surface area contributed by atoms with E-state index in [4.69, 9.17) is 4.74 Å². The number of hydrogen-bond donors (Lipinski definition) is 0. The van der Waals surface area contributed by atoms with Crippen molar-refractivity contribution < 1.29 is 14.3 Å². The van der Waals surface area contributed by atoms with Crippen molar-refractivity contribution in [1.29, 1.82) is 0 Å². The van der Waals surface area contributed by atoms with E-state index in [2.05, 4.69) is 0 Å². The van der Waals surface area contributed by atoms with Crippen LogP contribution in [0.2, 0.25) is 0 Å². The standard InChI is InChI=1S/C10H17NO3S2/c1-3-8(5-6-10(13)14-4-2)11-9(12)7-15-16-11/h8H,3-7H2,1-2H3. The van der Waals surface area contributed by atoms with Gasteiger partial charge < -0.3 is 4.74 Å². The van der Waals surface area contributed by atoms with Crippen LogP contribution in [0.15, 0.2) is 0 Å². The average molecular weight is 263 g/mol. The van der Waals surface area contributed by atoms with Crippen molar-refractivity contribution in [3.05, 3.63) is 0 Å². The molecule has 1 saturated heterocycles. The van der Waals surface area contributed by atoms with Crippen molar-refractivity contribution in [2.24, 2.45) is 0 Å². The third-order valence-corrected chi connectivity index (χ3v) is 4.64. The number of carbonyl (C=O) groups is 2. The van der Waals surface area contributed by atoms with Crippen LogP contribution in [0.4, 0.5) is 0 Å². The Balaban J connectivity index is 2.37. The van der Waals surface area contributed by atoms with Crippen LogP contribution in [-0.4, -0.2) is 34.6 Å². The molecular formula is C10H17NO3S2. The van der Waals surface area contributed by atoms with Crippen LogP contribution in [-0.2, 0) is 14.3 Å². The van der Waals surface area contributed by atoms with Crippen LogP contribution in [0.1, 0.15) is 33.1 Å².